The lowest BCUT2D eigenvalue weighted by Gasteiger charge is -2.09. The van der Waals surface area contributed by atoms with Crippen LogP contribution in [0.4, 0.5) is 5.88 Å². The maximum Gasteiger partial charge on any atom is 0.232 e. The molecule has 2 heterocycles. The second kappa shape index (κ2) is 8.50. The molecular weight excluding hydrogens is 376 g/mol. The highest BCUT2D eigenvalue weighted by Gasteiger charge is 2.14. The van der Waals surface area contributed by atoms with Crippen molar-refractivity contribution in [3.05, 3.63) is 89.4 Å². The van der Waals surface area contributed by atoms with Crippen LogP contribution in [-0.4, -0.2) is 9.97 Å². The predicted molar refractivity (Wildman–Crippen MR) is 114 cm³/mol. The number of nitriles is 1. The number of ether oxygens (including phenoxy) is 1. The van der Waals surface area contributed by atoms with Crippen molar-refractivity contribution < 1.29 is 9.15 Å². The van der Waals surface area contributed by atoms with Gasteiger partial charge in [0.15, 0.2) is 0 Å². The van der Waals surface area contributed by atoms with Crippen LogP contribution in [0.15, 0.2) is 71.4 Å². The molecule has 0 atom stereocenters. The van der Waals surface area contributed by atoms with E-state index < -0.39 is 0 Å². The molecule has 30 heavy (non-hydrogen) atoms. The molecule has 0 saturated carbocycles. The predicted octanol–water partition coefficient (Wildman–Crippen LogP) is 5.63. The summed E-state index contributed by atoms with van der Waals surface area (Å²) in [4.78, 5) is 8.29. The molecule has 0 amide bonds. The SMILES string of the molecule is Cc1ccc(Oc2ccc(CNc3oc(-c4cccnc4)nc3C#N)cc2)cc1C. The van der Waals surface area contributed by atoms with E-state index in [2.05, 4.69) is 35.2 Å². The van der Waals surface area contributed by atoms with E-state index in [0.717, 1.165) is 22.6 Å². The highest BCUT2D eigenvalue weighted by molar-refractivity contribution is 5.57. The molecule has 1 N–H and O–H groups in total. The molecule has 0 radical (unpaired) electrons. The second-order valence-corrected chi connectivity index (χ2v) is 6.90. The number of rotatable bonds is 6. The molecule has 0 aliphatic heterocycles. The van der Waals surface area contributed by atoms with E-state index in [1.165, 1.54) is 11.1 Å². The second-order valence-electron chi connectivity index (χ2n) is 6.90. The monoisotopic (exact) mass is 396 g/mol. The molecule has 6 heteroatoms. The molecule has 4 rings (SSSR count). The topological polar surface area (TPSA) is 84.0 Å². The Hall–Kier alpha value is -4.11. The minimum Gasteiger partial charge on any atom is -0.457 e. The molecule has 2 aromatic carbocycles. The lowest BCUT2D eigenvalue weighted by Crippen LogP contribution is -1.99. The Balaban J connectivity index is 1.42. The first-order valence-corrected chi connectivity index (χ1v) is 9.51. The lowest BCUT2D eigenvalue weighted by atomic mass is 10.1. The summed E-state index contributed by atoms with van der Waals surface area (Å²) in [7, 11) is 0. The Morgan fingerprint density at radius 3 is 2.53 bits per heavy atom. The van der Waals surface area contributed by atoms with Gasteiger partial charge in [0.05, 0.1) is 5.56 Å². The van der Waals surface area contributed by atoms with Crippen LogP contribution in [-0.2, 0) is 6.54 Å². The van der Waals surface area contributed by atoms with Crippen LogP contribution in [0.25, 0.3) is 11.5 Å². The molecule has 0 bridgehead atoms. The minimum atomic E-state index is 0.212. The van der Waals surface area contributed by atoms with Gasteiger partial charge in [0.1, 0.15) is 17.6 Å². The van der Waals surface area contributed by atoms with Gasteiger partial charge in [-0.1, -0.05) is 18.2 Å². The molecule has 0 saturated heterocycles. The quantitative estimate of drug-likeness (QED) is 0.455. The third kappa shape index (κ3) is 4.31. The summed E-state index contributed by atoms with van der Waals surface area (Å²) in [5.74, 6) is 2.27. The van der Waals surface area contributed by atoms with Gasteiger partial charge >= 0.3 is 0 Å². The summed E-state index contributed by atoms with van der Waals surface area (Å²) < 4.78 is 11.7. The number of nitrogens with zero attached hydrogens (tertiary/aromatic N) is 3. The summed E-state index contributed by atoms with van der Waals surface area (Å²) in [5, 5.41) is 12.5. The number of benzene rings is 2. The number of nitrogens with one attached hydrogen (secondary N) is 1. The Morgan fingerprint density at radius 2 is 1.83 bits per heavy atom. The number of hydrogen-bond donors (Lipinski definition) is 1. The fourth-order valence-electron chi connectivity index (χ4n) is 2.90. The largest absolute Gasteiger partial charge is 0.457 e. The highest BCUT2D eigenvalue weighted by atomic mass is 16.5. The van der Waals surface area contributed by atoms with E-state index in [0.29, 0.717) is 18.3 Å². The number of aryl methyl sites for hydroxylation is 2. The van der Waals surface area contributed by atoms with Crippen LogP contribution >= 0.6 is 0 Å². The van der Waals surface area contributed by atoms with Crippen molar-refractivity contribution in [3.63, 3.8) is 0 Å². The number of pyridine rings is 1. The normalized spacial score (nSPS) is 10.4. The van der Waals surface area contributed by atoms with Crippen molar-refractivity contribution in [2.24, 2.45) is 0 Å². The van der Waals surface area contributed by atoms with E-state index in [9.17, 15) is 5.26 Å². The Bertz CT molecular complexity index is 1190. The first-order valence-electron chi connectivity index (χ1n) is 9.51. The molecule has 2 aromatic heterocycles. The van der Waals surface area contributed by atoms with E-state index in [4.69, 9.17) is 9.15 Å². The lowest BCUT2D eigenvalue weighted by molar-refractivity contribution is 0.482. The van der Waals surface area contributed by atoms with Crippen LogP contribution in [0, 0.1) is 25.2 Å². The van der Waals surface area contributed by atoms with Gasteiger partial charge in [-0.3, -0.25) is 4.98 Å². The van der Waals surface area contributed by atoms with Crippen LogP contribution in [0.2, 0.25) is 0 Å². The van der Waals surface area contributed by atoms with Gasteiger partial charge in [-0.2, -0.15) is 10.2 Å². The van der Waals surface area contributed by atoms with Crippen molar-refractivity contribution in [2.75, 3.05) is 5.32 Å². The van der Waals surface area contributed by atoms with Crippen molar-refractivity contribution in [2.45, 2.75) is 20.4 Å². The molecule has 6 nitrogen and oxygen atoms in total. The van der Waals surface area contributed by atoms with E-state index in [1.54, 1.807) is 18.5 Å². The Labute approximate surface area is 174 Å². The summed E-state index contributed by atoms with van der Waals surface area (Å²) in [6.45, 7) is 4.63. The third-order valence-electron chi connectivity index (χ3n) is 4.73. The molecule has 0 aliphatic carbocycles. The maximum absolute atomic E-state index is 9.34. The maximum atomic E-state index is 9.34. The number of aromatic nitrogens is 2. The van der Waals surface area contributed by atoms with Gasteiger partial charge in [0, 0.05) is 18.9 Å². The summed E-state index contributed by atoms with van der Waals surface area (Å²) in [6, 6.07) is 19.5. The zero-order chi connectivity index (χ0) is 20.9. The fraction of sp³-hybridized carbons (Fsp3) is 0.125. The molecule has 0 fully saturated rings. The number of hydrogen-bond acceptors (Lipinski definition) is 6. The molecule has 4 aromatic rings. The molecule has 148 valence electrons. The van der Waals surface area contributed by atoms with Gasteiger partial charge in [-0.05, 0) is 66.9 Å². The van der Waals surface area contributed by atoms with Crippen LogP contribution < -0.4 is 10.1 Å². The average Bonchev–Trinajstić information content (AvgIpc) is 3.20. The fourth-order valence-corrected chi connectivity index (χ4v) is 2.90. The van der Waals surface area contributed by atoms with E-state index >= 15 is 0 Å². The smallest absolute Gasteiger partial charge is 0.232 e. The van der Waals surface area contributed by atoms with Crippen molar-refractivity contribution in [1.29, 1.82) is 5.26 Å². The van der Waals surface area contributed by atoms with E-state index in [-0.39, 0.29) is 5.69 Å². The first kappa shape index (κ1) is 19.2. The van der Waals surface area contributed by atoms with Crippen LogP contribution in [0.3, 0.4) is 0 Å². The first-order chi connectivity index (χ1) is 14.6. The van der Waals surface area contributed by atoms with Crippen molar-refractivity contribution in [1.82, 2.24) is 9.97 Å². The summed E-state index contributed by atoms with van der Waals surface area (Å²) in [5.41, 5.74) is 4.38. The van der Waals surface area contributed by atoms with Gasteiger partial charge < -0.3 is 14.5 Å². The number of anilines is 1. The Kier molecular flexibility index (Phi) is 5.44. The van der Waals surface area contributed by atoms with Gasteiger partial charge in [0.25, 0.3) is 0 Å². The highest BCUT2D eigenvalue weighted by Crippen LogP contribution is 2.26. The van der Waals surface area contributed by atoms with Crippen molar-refractivity contribution in [3.8, 4) is 29.0 Å². The molecule has 0 aliphatic rings. The van der Waals surface area contributed by atoms with Crippen molar-refractivity contribution >= 4 is 5.88 Å². The Morgan fingerprint density at radius 1 is 1.03 bits per heavy atom. The summed E-state index contributed by atoms with van der Waals surface area (Å²) >= 11 is 0. The summed E-state index contributed by atoms with van der Waals surface area (Å²) in [6.07, 6.45) is 3.31. The van der Waals surface area contributed by atoms with Gasteiger partial charge in [0.2, 0.25) is 17.5 Å². The van der Waals surface area contributed by atoms with E-state index in [1.807, 2.05) is 48.5 Å². The molecule has 0 spiro atoms. The third-order valence-corrected chi connectivity index (χ3v) is 4.73. The standard InChI is InChI=1S/C24H20N4O2/c1-16-5-8-21(12-17(16)2)29-20-9-6-18(7-10-20)14-27-24-22(13-25)28-23(30-24)19-4-3-11-26-15-19/h3-12,15,27H,14H2,1-2H3. The molecule has 0 unspecified atom stereocenters. The zero-order valence-electron chi connectivity index (χ0n) is 16.7. The molecular formula is C24H20N4O2. The number of oxazole rings is 1. The van der Waals surface area contributed by atoms with Gasteiger partial charge in [-0.25, -0.2) is 0 Å². The van der Waals surface area contributed by atoms with Crippen LogP contribution in [0.1, 0.15) is 22.4 Å². The van der Waals surface area contributed by atoms with Crippen LogP contribution in [0.5, 0.6) is 11.5 Å². The minimum absolute atomic E-state index is 0.212. The van der Waals surface area contributed by atoms with Gasteiger partial charge in [-0.15, -0.1) is 0 Å². The zero-order valence-corrected chi connectivity index (χ0v) is 16.7. The average molecular weight is 396 g/mol.